The smallest absolute Gasteiger partial charge is 0.0847 e. The highest BCUT2D eigenvalue weighted by atomic mass is 14.8. The van der Waals surface area contributed by atoms with E-state index in [1.165, 1.54) is 0 Å². The van der Waals surface area contributed by atoms with Crippen LogP contribution in [0.25, 0.3) is 12.2 Å². The zero-order valence-corrected chi connectivity index (χ0v) is 7.46. The minimum atomic E-state index is 1.04. The second-order valence-electron chi connectivity index (χ2n) is 3.15. The summed E-state index contributed by atoms with van der Waals surface area (Å²) in [6.45, 7) is 4.01. The van der Waals surface area contributed by atoms with Crippen LogP contribution in [-0.2, 0) is 0 Å². The van der Waals surface area contributed by atoms with Crippen molar-refractivity contribution in [1.82, 2.24) is 9.97 Å². The van der Waals surface area contributed by atoms with E-state index in [4.69, 9.17) is 0 Å². The summed E-state index contributed by atoms with van der Waals surface area (Å²) in [7, 11) is 0. The van der Waals surface area contributed by atoms with Crippen molar-refractivity contribution >= 4 is 12.2 Å². The first kappa shape index (κ1) is 7.47. The summed E-state index contributed by atoms with van der Waals surface area (Å²) in [5.41, 5.74) is 2.08. The van der Waals surface area contributed by atoms with Crippen LogP contribution in [0.3, 0.4) is 0 Å². The molecule has 0 fully saturated rings. The summed E-state index contributed by atoms with van der Waals surface area (Å²) in [6, 6.07) is 0. The van der Waals surface area contributed by atoms with E-state index in [9.17, 15) is 0 Å². The fraction of sp³-hybridized carbons (Fsp3) is 0.400. The van der Waals surface area contributed by atoms with Crippen molar-refractivity contribution in [3.63, 3.8) is 0 Å². The van der Waals surface area contributed by atoms with E-state index >= 15 is 0 Å². The summed E-state index contributed by atoms with van der Waals surface area (Å²) >= 11 is 0. The number of hydrogen-bond acceptors (Lipinski definition) is 2. The van der Waals surface area contributed by atoms with Gasteiger partial charge >= 0.3 is 0 Å². The Morgan fingerprint density at radius 3 is 1.75 bits per heavy atom. The van der Waals surface area contributed by atoms with Gasteiger partial charge in [-0.25, -0.2) is 9.97 Å². The molecule has 0 unspecified atom stereocenters. The number of nitrogens with zero attached hydrogens (tertiary/aromatic N) is 2. The van der Waals surface area contributed by atoms with Gasteiger partial charge in [-0.1, -0.05) is 12.2 Å². The van der Waals surface area contributed by atoms with Gasteiger partial charge in [-0.3, -0.25) is 0 Å². The molecule has 62 valence electrons. The number of rotatable bonds is 0. The maximum atomic E-state index is 4.46. The third kappa shape index (κ3) is 1.13. The van der Waals surface area contributed by atoms with E-state index in [1.807, 2.05) is 13.8 Å². The second kappa shape index (κ2) is 2.70. The van der Waals surface area contributed by atoms with Gasteiger partial charge in [-0.15, -0.1) is 0 Å². The Morgan fingerprint density at radius 2 is 1.33 bits per heavy atom. The molecule has 2 rings (SSSR count). The molecule has 2 nitrogen and oxygen atoms in total. The predicted molar refractivity (Wildman–Crippen MR) is 48.9 cm³/mol. The van der Waals surface area contributed by atoms with Crippen LogP contribution in [0.15, 0.2) is 0 Å². The summed E-state index contributed by atoms with van der Waals surface area (Å²) in [5.74, 6) is 0. The zero-order chi connectivity index (χ0) is 8.55. The van der Waals surface area contributed by atoms with Crippen molar-refractivity contribution in [2.45, 2.75) is 26.7 Å². The van der Waals surface area contributed by atoms with Gasteiger partial charge in [0.15, 0.2) is 0 Å². The zero-order valence-electron chi connectivity index (χ0n) is 7.46. The van der Waals surface area contributed by atoms with Crippen LogP contribution in [0.5, 0.6) is 0 Å². The molecule has 2 heteroatoms. The van der Waals surface area contributed by atoms with Crippen LogP contribution in [0, 0.1) is 13.8 Å². The van der Waals surface area contributed by atoms with E-state index < -0.39 is 0 Å². The Balaban J connectivity index is 2.82. The van der Waals surface area contributed by atoms with Gasteiger partial charge in [0.2, 0.25) is 0 Å². The van der Waals surface area contributed by atoms with Crippen molar-refractivity contribution in [2.75, 3.05) is 0 Å². The lowest BCUT2D eigenvalue weighted by Gasteiger charge is -2.01. The summed E-state index contributed by atoms with van der Waals surface area (Å²) in [4.78, 5) is 8.93. The molecule has 1 aromatic heterocycles. The fourth-order valence-electron chi connectivity index (χ4n) is 1.38. The van der Waals surface area contributed by atoms with Crippen molar-refractivity contribution in [2.24, 2.45) is 0 Å². The summed E-state index contributed by atoms with van der Waals surface area (Å²) in [5, 5.41) is 2.12. The monoisotopic (exact) mass is 160 g/mol. The highest BCUT2D eigenvalue weighted by Gasteiger charge is 1.99. The predicted octanol–water partition coefficient (Wildman–Crippen LogP) is 0.448. The second-order valence-corrected chi connectivity index (χ2v) is 3.15. The highest BCUT2D eigenvalue weighted by Crippen LogP contribution is 1.96. The quantitative estimate of drug-likeness (QED) is 0.550. The average Bonchev–Trinajstić information content (AvgIpc) is 2.07. The van der Waals surface area contributed by atoms with E-state index in [-0.39, 0.29) is 0 Å². The van der Waals surface area contributed by atoms with Gasteiger partial charge < -0.3 is 0 Å². The minimum absolute atomic E-state index is 1.04. The van der Waals surface area contributed by atoms with Crippen LogP contribution in [0.2, 0.25) is 0 Å². The van der Waals surface area contributed by atoms with Crippen molar-refractivity contribution in [1.29, 1.82) is 0 Å². The highest BCUT2D eigenvalue weighted by molar-refractivity contribution is 5.33. The van der Waals surface area contributed by atoms with Crippen molar-refractivity contribution in [3.05, 3.63) is 22.1 Å². The third-order valence-corrected chi connectivity index (χ3v) is 2.20. The van der Waals surface area contributed by atoms with Crippen LogP contribution < -0.4 is 10.7 Å². The van der Waals surface area contributed by atoms with Gasteiger partial charge in [0.25, 0.3) is 0 Å². The maximum Gasteiger partial charge on any atom is 0.0847 e. The van der Waals surface area contributed by atoms with E-state index in [0.717, 1.165) is 34.9 Å². The molecule has 0 spiro atoms. The third-order valence-electron chi connectivity index (χ3n) is 2.20. The average molecular weight is 160 g/mol. The molecular weight excluding hydrogens is 148 g/mol. The first-order chi connectivity index (χ1) is 5.77. The van der Waals surface area contributed by atoms with Crippen LogP contribution in [-0.4, -0.2) is 9.97 Å². The number of aromatic nitrogens is 2. The maximum absolute atomic E-state index is 4.46. The Labute approximate surface area is 71.7 Å². The number of aryl methyl sites for hydroxylation is 2. The Hall–Kier alpha value is -1.18. The largest absolute Gasteiger partial charge is 0.250 e. The molecule has 0 atom stereocenters. The van der Waals surface area contributed by atoms with Gasteiger partial charge in [-0.05, 0) is 26.7 Å². The molecule has 12 heavy (non-hydrogen) atoms. The Morgan fingerprint density at radius 1 is 0.917 bits per heavy atom. The van der Waals surface area contributed by atoms with Crippen molar-refractivity contribution in [3.8, 4) is 0 Å². The molecule has 1 aliphatic carbocycles. The Kier molecular flexibility index (Phi) is 1.68. The van der Waals surface area contributed by atoms with Gasteiger partial charge in [0.1, 0.15) is 0 Å². The van der Waals surface area contributed by atoms with Gasteiger partial charge in [-0.2, -0.15) is 0 Å². The minimum Gasteiger partial charge on any atom is -0.250 e. The molecule has 1 heterocycles. The van der Waals surface area contributed by atoms with Crippen LogP contribution in [0.1, 0.15) is 24.2 Å². The van der Waals surface area contributed by atoms with E-state index in [2.05, 4.69) is 22.1 Å². The summed E-state index contributed by atoms with van der Waals surface area (Å²) < 4.78 is 0. The molecule has 0 amide bonds. The first-order valence-electron chi connectivity index (χ1n) is 4.29. The molecule has 0 radical (unpaired) electrons. The first-order valence-corrected chi connectivity index (χ1v) is 4.29. The standard InChI is InChI=1S/C10H12N2/c1-7-8(2)12-10-6-4-3-5-9(10)11-7/h5-6H,3-4H2,1-2H3. The molecule has 1 aromatic rings. The number of fused-ring (bicyclic) bond motifs is 1. The lowest BCUT2D eigenvalue weighted by atomic mass is 10.2. The molecule has 0 saturated carbocycles. The van der Waals surface area contributed by atoms with Gasteiger partial charge in [0.05, 0.1) is 22.1 Å². The van der Waals surface area contributed by atoms with Crippen LogP contribution in [0.4, 0.5) is 0 Å². The van der Waals surface area contributed by atoms with Crippen molar-refractivity contribution < 1.29 is 0 Å². The van der Waals surface area contributed by atoms with E-state index in [1.54, 1.807) is 0 Å². The molecule has 0 bridgehead atoms. The molecule has 0 aliphatic heterocycles. The number of hydrogen-bond donors (Lipinski definition) is 0. The van der Waals surface area contributed by atoms with Gasteiger partial charge in [0, 0.05) is 0 Å². The van der Waals surface area contributed by atoms with Crippen LogP contribution >= 0.6 is 0 Å². The normalized spacial score (nSPS) is 14.5. The molecule has 0 aromatic carbocycles. The van der Waals surface area contributed by atoms with E-state index in [0.29, 0.717) is 0 Å². The topological polar surface area (TPSA) is 25.8 Å². The molecule has 0 N–H and O–H groups in total. The molecular formula is C10H12N2. The fourth-order valence-corrected chi connectivity index (χ4v) is 1.38. The summed E-state index contributed by atoms with van der Waals surface area (Å²) in [6.07, 6.45) is 6.53. The lowest BCUT2D eigenvalue weighted by Crippen LogP contribution is -2.34. The Bertz CT molecular complexity index is 377. The lowest BCUT2D eigenvalue weighted by molar-refractivity contribution is 0.951. The SMILES string of the molecule is Cc1nc2c(nc1C)=CCCC=2. The molecule has 0 saturated heterocycles. The molecule has 1 aliphatic rings.